The highest BCUT2D eigenvalue weighted by atomic mass is 35.5. The van der Waals surface area contributed by atoms with Crippen molar-refractivity contribution in [1.82, 2.24) is 4.98 Å². The van der Waals surface area contributed by atoms with Gasteiger partial charge in [-0.1, -0.05) is 41.9 Å². The minimum atomic E-state index is -0.0595. The first-order valence-electron chi connectivity index (χ1n) is 9.42. The zero-order valence-electron chi connectivity index (χ0n) is 16.1. The second-order valence-electron chi connectivity index (χ2n) is 7.49. The Morgan fingerprint density at radius 1 is 1.14 bits per heavy atom. The smallest absolute Gasteiger partial charge is 0.0991 e. The van der Waals surface area contributed by atoms with Crippen LogP contribution in [0.2, 0.25) is 5.02 Å². The lowest BCUT2D eigenvalue weighted by atomic mass is 9.93. The molecular weight excluding hydrogens is 370 g/mol. The maximum atomic E-state index is 9.02. The Labute approximate surface area is 170 Å². The normalized spacial score (nSPS) is 16.1. The number of aromatic nitrogens is 1. The first-order valence-corrected chi connectivity index (χ1v) is 9.80. The molecule has 3 aromatic rings. The van der Waals surface area contributed by atoms with Gasteiger partial charge < -0.3 is 9.64 Å². The van der Waals surface area contributed by atoms with Gasteiger partial charge in [0.25, 0.3) is 0 Å². The lowest BCUT2D eigenvalue weighted by Crippen LogP contribution is -2.43. The standard InChI is InChI=1S/C23H22ClN3O/c1-23(28-2)10-12-27(13-11-23)20-15-26-22-18(4-3-5-19(22)21(20)24)17-8-6-16(14-25)7-9-17/h3-9,15H,10-13H2,1-2H3. The number of nitriles is 1. The first-order chi connectivity index (χ1) is 13.5. The van der Waals surface area contributed by atoms with Crippen molar-refractivity contribution in [3.8, 4) is 17.2 Å². The lowest BCUT2D eigenvalue weighted by molar-refractivity contribution is -0.0132. The van der Waals surface area contributed by atoms with Crippen LogP contribution in [-0.4, -0.2) is 30.8 Å². The molecule has 0 unspecified atom stereocenters. The summed E-state index contributed by atoms with van der Waals surface area (Å²) in [5.41, 5.74) is 4.47. The van der Waals surface area contributed by atoms with Crippen molar-refractivity contribution in [3.63, 3.8) is 0 Å². The molecule has 2 aromatic carbocycles. The van der Waals surface area contributed by atoms with Gasteiger partial charge in [-0.3, -0.25) is 4.98 Å². The van der Waals surface area contributed by atoms with E-state index in [2.05, 4.69) is 17.9 Å². The minimum absolute atomic E-state index is 0.0595. The minimum Gasteiger partial charge on any atom is -0.378 e. The van der Waals surface area contributed by atoms with Gasteiger partial charge in [-0.05, 0) is 37.5 Å². The molecule has 1 aliphatic rings. The number of benzene rings is 2. The first kappa shape index (κ1) is 18.7. The van der Waals surface area contributed by atoms with Crippen molar-refractivity contribution >= 4 is 28.2 Å². The van der Waals surface area contributed by atoms with Crippen molar-refractivity contribution in [2.45, 2.75) is 25.4 Å². The molecule has 0 radical (unpaired) electrons. The van der Waals surface area contributed by atoms with E-state index in [0.717, 1.165) is 58.7 Å². The summed E-state index contributed by atoms with van der Waals surface area (Å²) >= 11 is 6.83. The van der Waals surface area contributed by atoms with Crippen molar-refractivity contribution in [1.29, 1.82) is 5.26 Å². The molecule has 2 heterocycles. The van der Waals surface area contributed by atoms with E-state index in [9.17, 15) is 0 Å². The highest BCUT2D eigenvalue weighted by Crippen LogP contribution is 2.38. The van der Waals surface area contributed by atoms with Gasteiger partial charge in [-0.25, -0.2) is 0 Å². The summed E-state index contributed by atoms with van der Waals surface area (Å²) in [6.45, 7) is 3.95. The van der Waals surface area contributed by atoms with Crippen LogP contribution in [0, 0.1) is 11.3 Å². The van der Waals surface area contributed by atoms with E-state index in [1.54, 1.807) is 7.11 Å². The molecule has 0 amide bonds. The zero-order valence-corrected chi connectivity index (χ0v) is 16.8. The second kappa shape index (κ2) is 7.43. The van der Waals surface area contributed by atoms with E-state index in [1.807, 2.05) is 48.7 Å². The molecule has 1 fully saturated rings. The van der Waals surface area contributed by atoms with E-state index in [1.165, 1.54) is 0 Å². The van der Waals surface area contributed by atoms with Crippen LogP contribution in [0.5, 0.6) is 0 Å². The second-order valence-corrected chi connectivity index (χ2v) is 7.87. The van der Waals surface area contributed by atoms with Crippen LogP contribution in [0.4, 0.5) is 5.69 Å². The molecule has 0 spiro atoms. The van der Waals surface area contributed by atoms with Gasteiger partial charge in [-0.2, -0.15) is 5.26 Å². The van der Waals surface area contributed by atoms with Crippen molar-refractivity contribution in [3.05, 3.63) is 59.2 Å². The third-order valence-corrected chi connectivity index (χ3v) is 6.19. The topological polar surface area (TPSA) is 49.1 Å². The number of para-hydroxylation sites is 1. The Balaban J connectivity index is 1.72. The Bertz CT molecular complexity index is 1050. The SMILES string of the molecule is COC1(C)CCN(c2cnc3c(-c4ccc(C#N)cc4)cccc3c2Cl)CC1. The van der Waals surface area contributed by atoms with Gasteiger partial charge >= 0.3 is 0 Å². The van der Waals surface area contributed by atoms with E-state index >= 15 is 0 Å². The quantitative estimate of drug-likeness (QED) is 0.597. The molecule has 4 nitrogen and oxygen atoms in total. The number of halogens is 1. The summed E-state index contributed by atoms with van der Waals surface area (Å²) in [7, 11) is 1.78. The molecule has 28 heavy (non-hydrogen) atoms. The van der Waals surface area contributed by atoms with Crippen LogP contribution in [-0.2, 0) is 4.74 Å². The predicted molar refractivity (Wildman–Crippen MR) is 114 cm³/mol. The van der Waals surface area contributed by atoms with Crippen molar-refractivity contribution in [2.24, 2.45) is 0 Å². The molecule has 0 N–H and O–H groups in total. The Morgan fingerprint density at radius 2 is 1.86 bits per heavy atom. The molecule has 5 heteroatoms. The molecule has 1 aliphatic heterocycles. The van der Waals surface area contributed by atoms with Gasteiger partial charge in [-0.15, -0.1) is 0 Å². The molecular formula is C23H22ClN3O. The number of rotatable bonds is 3. The summed E-state index contributed by atoms with van der Waals surface area (Å²) in [6, 6.07) is 15.8. The van der Waals surface area contributed by atoms with Crippen LogP contribution in [0.3, 0.4) is 0 Å². The monoisotopic (exact) mass is 391 g/mol. The highest BCUT2D eigenvalue weighted by molar-refractivity contribution is 6.38. The number of hydrogen-bond donors (Lipinski definition) is 0. The van der Waals surface area contributed by atoms with Gasteiger partial charge in [0, 0.05) is 31.1 Å². The zero-order chi connectivity index (χ0) is 19.7. The predicted octanol–water partition coefficient (Wildman–Crippen LogP) is 5.43. The Hall–Kier alpha value is -2.61. The third-order valence-electron chi connectivity index (χ3n) is 5.79. The number of anilines is 1. The maximum absolute atomic E-state index is 9.02. The molecule has 0 aliphatic carbocycles. The van der Waals surface area contributed by atoms with Crippen molar-refractivity contribution in [2.75, 3.05) is 25.1 Å². The summed E-state index contributed by atoms with van der Waals surface area (Å²) in [5, 5.41) is 10.7. The number of piperidine rings is 1. The number of ether oxygens (including phenoxy) is 1. The molecule has 4 rings (SSSR count). The number of pyridine rings is 1. The van der Waals surface area contributed by atoms with E-state index in [0.29, 0.717) is 5.56 Å². The van der Waals surface area contributed by atoms with Gasteiger partial charge in [0.1, 0.15) is 0 Å². The molecule has 142 valence electrons. The largest absolute Gasteiger partial charge is 0.378 e. The number of methoxy groups -OCH3 is 1. The number of nitrogens with zero attached hydrogens (tertiary/aromatic N) is 3. The molecule has 0 saturated carbocycles. The molecule has 0 bridgehead atoms. The molecule has 0 atom stereocenters. The van der Waals surface area contributed by atoms with Crippen molar-refractivity contribution < 1.29 is 4.74 Å². The fraction of sp³-hybridized carbons (Fsp3) is 0.304. The summed E-state index contributed by atoms with van der Waals surface area (Å²) in [6.07, 6.45) is 3.81. The third kappa shape index (κ3) is 3.32. The van der Waals surface area contributed by atoms with E-state index in [-0.39, 0.29) is 5.60 Å². The average Bonchev–Trinajstić information content (AvgIpc) is 2.75. The van der Waals surface area contributed by atoms with Crippen LogP contribution in [0.15, 0.2) is 48.7 Å². The van der Waals surface area contributed by atoms with Gasteiger partial charge in [0.05, 0.1) is 39.7 Å². The number of hydrogen-bond acceptors (Lipinski definition) is 4. The lowest BCUT2D eigenvalue weighted by Gasteiger charge is -2.39. The van der Waals surface area contributed by atoms with Crippen LogP contribution in [0.1, 0.15) is 25.3 Å². The fourth-order valence-corrected chi connectivity index (χ4v) is 4.10. The highest BCUT2D eigenvalue weighted by Gasteiger charge is 2.30. The average molecular weight is 392 g/mol. The van der Waals surface area contributed by atoms with E-state index in [4.69, 9.17) is 26.6 Å². The Morgan fingerprint density at radius 3 is 2.50 bits per heavy atom. The molecule has 1 saturated heterocycles. The summed E-state index contributed by atoms with van der Waals surface area (Å²) in [4.78, 5) is 7.07. The summed E-state index contributed by atoms with van der Waals surface area (Å²) in [5.74, 6) is 0. The molecule has 1 aromatic heterocycles. The Kier molecular flexibility index (Phi) is 4.97. The van der Waals surface area contributed by atoms with E-state index < -0.39 is 0 Å². The van der Waals surface area contributed by atoms with Crippen LogP contribution >= 0.6 is 11.6 Å². The van der Waals surface area contributed by atoms with Gasteiger partial charge in [0.2, 0.25) is 0 Å². The van der Waals surface area contributed by atoms with Crippen LogP contribution < -0.4 is 4.90 Å². The van der Waals surface area contributed by atoms with Crippen LogP contribution in [0.25, 0.3) is 22.0 Å². The summed E-state index contributed by atoms with van der Waals surface area (Å²) < 4.78 is 5.65. The maximum Gasteiger partial charge on any atom is 0.0991 e. The van der Waals surface area contributed by atoms with Gasteiger partial charge in [0.15, 0.2) is 0 Å². The fourth-order valence-electron chi connectivity index (χ4n) is 3.78. The number of fused-ring (bicyclic) bond motifs is 1.